The van der Waals surface area contributed by atoms with Crippen LogP contribution in [0.15, 0.2) is 60.4 Å². The topological polar surface area (TPSA) is 35.5 Å². The number of rotatable bonds is 4. The van der Waals surface area contributed by atoms with Gasteiger partial charge < -0.3 is 9.47 Å². The first-order valence-electron chi connectivity index (χ1n) is 8.82. The summed E-state index contributed by atoms with van der Waals surface area (Å²) in [5.41, 5.74) is 2.64. The Labute approximate surface area is 177 Å². The lowest BCUT2D eigenvalue weighted by molar-refractivity contribution is 0.101. The van der Waals surface area contributed by atoms with Crippen molar-refractivity contribution in [3.63, 3.8) is 0 Å². The van der Waals surface area contributed by atoms with Crippen molar-refractivity contribution in [2.24, 2.45) is 0 Å². The standard InChI is InChI=1S/C23H15Cl2FO3/c1-13-7-17(28-12-15-3-2-4-16(26)8-15)11-20-22(13)23(27)21(29-20)10-14-5-6-18(24)19(25)9-14/h2-11H,12H2,1H3/b21-10-. The third kappa shape index (κ3) is 4.14. The molecule has 4 rings (SSSR count). The molecule has 0 unspecified atom stereocenters. The van der Waals surface area contributed by atoms with Gasteiger partial charge in [0.1, 0.15) is 23.9 Å². The summed E-state index contributed by atoms with van der Waals surface area (Å²) >= 11 is 12.0. The van der Waals surface area contributed by atoms with Crippen LogP contribution < -0.4 is 9.47 Å². The Balaban J connectivity index is 1.57. The normalized spacial score (nSPS) is 14.1. The number of fused-ring (bicyclic) bond motifs is 1. The summed E-state index contributed by atoms with van der Waals surface area (Å²) in [5.74, 6) is 0.635. The van der Waals surface area contributed by atoms with Crippen molar-refractivity contribution in [3.8, 4) is 11.5 Å². The van der Waals surface area contributed by atoms with Crippen LogP contribution in [0.4, 0.5) is 4.39 Å². The number of carbonyl (C=O) groups excluding carboxylic acids is 1. The van der Waals surface area contributed by atoms with E-state index in [4.69, 9.17) is 32.7 Å². The Morgan fingerprint density at radius 3 is 2.66 bits per heavy atom. The van der Waals surface area contributed by atoms with Crippen molar-refractivity contribution in [1.29, 1.82) is 0 Å². The van der Waals surface area contributed by atoms with Gasteiger partial charge in [0.2, 0.25) is 5.78 Å². The van der Waals surface area contributed by atoms with Crippen molar-refractivity contribution >= 4 is 35.1 Å². The van der Waals surface area contributed by atoms with E-state index in [1.54, 1.807) is 48.5 Å². The van der Waals surface area contributed by atoms with Crippen LogP contribution >= 0.6 is 23.2 Å². The maximum Gasteiger partial charge on any atom is 0.232 e. The molecule has 0 bridgehead atoms. The second kappa shape index (κ2) is 7.90. The average molecular weight is 429 g/mol. The number of Topliss-reactive ketones (excluding diaryl/α,β-unsaturated/α-hetero) is 1. The SMILES string of the molecule is Cc1cc(OCc2cccc(F)c2)cc2c1C(=O)/C(=C/c1ccc(Cl)c(Cl)c1)O2. The molecule has 0 N–H and O–H groups in total. The summed E-state index contributed by atoms with van der Waals surface area (Å²) in [6.07, 6.45) is 1.62. The van der Waals surface area contributed by atoms with Gasteiger partial charge in [-0.1, -0.05) is 41.4 Å². The summed E-state index contributed by atoms with van der Waals surface area (Å²) in [5, 5.41) is 0.833. The third-order valence-electron chi connectivity index (χ3n) is 4.48. The van der Waals surface area contributed by atoms with Gasteiger partial charge in [0, 0.05) is 6.07 Å². The molecule has 0 amide bonds. The van der Waals surface area contributed by atoms with Gasteiger partial charge >= 0.3 is 0 Å². The van der Waals surface area contributed by atoms with E-state index in [1.807, 2.05) is 6.92 Å². The average Bonchev–Trinajstić information content (AvgIpc) is 2.99. The van der Waals surface area contributed by atoms with Crippen LogP contribution in [0.3, 0.4) is 0 Å². The van der Waals surface area contributed by atoms with Crippen LogP contribution in [0.1, 0.15) is 27.0 Å². The van der Waals surface area contributed by atoms with Crippen LogP contribution in [0.25, 0.3) is 6.08 Å². The van der Waals surface area contributed by atoms with Crippen molar-refractivity contribution in [2.45, 2.75) is 13.5 Å². The molecule has 0 atom stereocenters. The molecule has 0 fully saturated rings. The summed E-state index contributed by atoms with van der Waals surface area (Å²) in [6, 6.07) is 14.7. The van der Waals surface area contributed by atoms with Gasteiger partial charge in [0.05, 0.1) is 15.6 Å². The van der Waals surface area contributed by atoms with E-state index in [2.05, 4.69) is 0 Å². The van der Waals surface area contributed by atoms with E-state index in [0.29, 0.717) is 38.2 Å². The van der Waals surface area contributed by atoms with E-state index in [-0.39, 0.29) is 24.0 Å². The van der Waals surface area contributed by atoms with Crippen molar-refractivity contribution in [1.82, 2.24) is 0 Å². The van der Waals surface area contributed by atoms with Gasteiger partial charge in [-0.2, -0.15) is 0 Å². The molecule has 3 aromatic rings. The van der Waals surface area contributed by atoms with Gasteiger partial charge in [-0.3, -0.25) is 4.79 Å². The first-order valence-corrected chi connectivity index (χ1v) is 9.57. The van der Waals surface area contributed by atoms with E-state index >= 15 is 0 Å². The number of ether oxygens (including phenoxy) is 2. The molecule has 0 saturated heterocycles. The van der Waals surface area contributed by atoms with Crippen LogP contribution in [0.2, 0.25) is 10.0 Å². The van der Waals surface area contributed by atoms with Crippen molar-refractivity contribution < 1.29 is 18.7 Å². The molecule has 0 radical (unpaired) electrons. The molecule has 0 saturated carbocycles. The number of ketones is 1. The quantitative estimate of drug-likeness (QED) is 0.437. The minimum absolute atomic E-state index is 0.198. The number of halogens is 3. The Morgan fingerprint density at radius 1 is 1.07 bits per heavy atom. The van der Waals surface area contributed by atoms with E-state index < -0.39 is 0 Å². The van der Waals surface area contributed by atoms with Crippen molar-refractivity contribution in [3.05, 3.63) is 98.5 Å². The second-order valence-electron chi connectivity index (χ2n) is 6.65. The zero-order chi connectivity index (χ0) is 20.5. The number of hydrogen-bond acceptors (Lipinski definition) is 3. The van der Waals surface area contributed by atoms with E-state index in [9.17, 15) is 9.18 Å². The number of aryl methyl sites for hydroxylation is 1. The number of benzene rings is 3. The molecule has 1 aliphatic heterocycles. The van der Waals surface area contributed by atoms with Gasteiger partial charge in [0.15, 0.2) is 5.76 Å². The predicted octanol–water partition coefficient (Wildman–Crippen LogP) is 6.64. The lowest BCUT2D eigenvalue weighted by Crippen LogP contribution is -2.00. The lowest BCUT2D eigenvalue weighted by atomic mass is 10.0. The minimum atomic E-state index is -0.317. The Kier molecular flexibility index (Phi) is 5.31. The highest BCUT2D eigenvalue weighted by molar-refractivity contribution is 6.42. The molecule has 0 aromatic heterocycles. The number of carbonyl (C=O) groups is 1. The highest BCUT2D eigenvalue weighted by atomic mass is 35.5. The molecule has 0 aliphatic carbocycles. The molecule has 146 valence electrons. The summed E-state index contributed by atoms with van der Waals surface area (Å²) in [7, 11) is 0. The van der Waals surface area contributed by atoms with E-state index in [1.165, 1.54) is 12.1 Å². The van der Waals surface area contributed by atoms with Crippen LogP contribution in [0, 0.1) is 12.7 Å². The predicted molar refractivity (Wildman–Crippen MR) is 111 cm³/mol. The molecule has 29 heavy (non-hydrogen) atoms. The van der Waals surface area contributed by atoms with Gasteiger partial charge in [0.25, 0.3) is 0 Å². The Bertz CT molecular complexity index is 1150. The Morgan fingerprint density at radius 2 is 1.90 bits per heavy atom. The fraction of sp³-hybridized carbons (Fsp3) is 0.0870. The highest BCUT2D eigenvalue weighted by Gasteiger charge is 2.30. The molecular weight excluding hydrogens is 414 g/mol. The van der Waals surface area contributed by atoms with E-state index in [0.717, 1.165) is 5.56 Å². The second-order valence-corrected chi connectivity index (χ2v) is 7.46. The van der Waals surface area contributed by atoms with Gasteiger partial charge in [-0.05, 0) is 60.0 Å². The first kappa shape index (κ1) is 19.5. The van der Waals surface area contributed by atoms with Gasteiger partial charge in [-0.25, -0.2) is 4.39 Å². The summed E-state index contributed by atoms with van der Waals surface area (Å²) in [6.45, 7) is 2.02. The van der Waals surface area contributed by atoms with Crippen LogP contribution in [-0.4, -0.2) is 5.78 Å². The molecular formula is C23H15Cl2FO3. The largest absolute Gasteiger partial charge is 0.489 e. The lowest BCUT2D eigenvalue weighted by Gasteiger charge is -2.09. The molecule has 3 aromatic carbocycles. The fourth-order valence-corrected chi connectivity index (χ4v) is 3.41. The molecule has 3 nitrogen and oxygen atoms in total. The molecule has 1 heterocycles. The summed E-state index contributed by atoms with van der Waals surface area (Å²) in [4.78, 5) is 12.8. The maximum atomic E-state index is 13.3. The minimum Gasteiger partial charge on any atom is -0.489 e. The molecule has 6 heteroatoms. The van der Waals surface area contributed by atoms with Gasteiger partial charge in [-0.15, -0.1) is 0 Å². The van der Waals surface area contributed by atoms with Crippen molar-refractivity contribution in [2.75, 3.05) is 0 Å². The monoisotopic (exact) mass is 428 g/mol. The smallest absolute Gasteiger partial charge is 0.232 e. The third-order valence-corrected chi connectivity index (χ3v) is 5.22. The number of allylic oxidation sites excluding steroid dienone is 1. The summed E-state index contributed by atoms with van der Waals surface area (Å²) < 4.78 is 24.9. The zero-order valence-electron chi connectivity index (χ0n) is 15.3. The maximum absolute atomic E-state index is 13.3. The first-order chi connectivity index (χ1) is 13.9. The number of hydrogen-bond donors (Lipinski definition) is 0. The fourth-order valence-electron chi connectivity index (χ4n) is 3.11. The highest BCUT2D eigenvalue weighted by Crippen LogP contribution is 2.38. The van der Waals surface area contributed by atoms with Crippen LogP contribution in [-0.2, 0) is 6.61 Å². The van der Waals surface area contributed by atoms with Crippen LogP contribution in [0.5, 0.6) is 11.5 Å². The zero-order valence-corrected chi connectivity index (χ0v) is 16.9. The molecule has 1 aliphatic rings. The molecule has 0 spiro atoms. The Hall–Kier alpha value is -2.82.